The minimum absolute atomic E-state index is 0.177. The zero-order valence-corrected chi connectivity index (χ0v) is 7.56. The second kappa shape index (κ2) is 4.06. The quantitative estimate of drug-likeness (QED) is 0.568. The molecule has 0 aliphatic carbocycles. The van der Waals surface area contributed by atoms with Crippen molar-refractivity contribution in [1.82, 2.24) is 9.55 Å². The maximum absolute atomic E-state index is 11.0. The molecule has 0 amide bonds. The first kappa shape index (κ1) is 8.99. The molecular weight excluding hydrogens is 176 g/mol. The summed E-state index contributed by atoms with van der Waals surface area (Å²) in [5.41, 5.74) is 0. The summed E-state index contributed by atoms with van der Waals surface area (Å²) in [5.74, 6) is -0.270. The van der Waals surface area contributed by atoms with Crippen molar-refractivity contribution < 1.29 is 9.53 Å². The van der Waals surface area contributed by atoms with Crippen LogP contribution in [0.2, 0.25) is 0 Å². The Hall–Kier alpha value is -1.10. The molecule has 0 saturated heterocycles. The molecule has 4 nitrogen and oxygen atoms in total. The summed E-state index contributed by atoms with van der Waals surface area (Å²) in [6.07, 6.45) is 3.39. The highest BCUT2D eigenvalue weighted by atomic mass is 32.1. The highest BCUT2D eigenvalue weighted by molar-refractivity contribution is 7.71. The van der Waals surface area contributed by atoms with Crippen molar-refractivity contribution in [2.24, 2.45) is 0 Å². The van der Waals surface area contributed by atoms with Crippen LogP contribution in [0.3, 0.4) is 0 Å². The molecule has 0 saturated carbocycles. The van der Waals surface area contributed by atoms with Crippen molar-refractivity contribution in [3.63, 3.8) is 0 Å². The Morgan fingerprint density at radius 2 is 2.58 bits per heavy atom. The van der Waals surface area contributed by atoms with Crippen molar-refractivity contribution in [2.45, 2.75) is 13.5 Å². The molecule has 0 fully saturated rings. The fraction of sp³-hybridized carbons (Fsp3) is 0.429. The number of hydrogen-bond acceptors (Lipinski definition) is 3. The third-order valence-electron chi connectivity index (χ3n) is 1.33. The van der Waals surface area contributed by atoms with Crippen molar-refractivity contribution in [3.8, 4) is 0 Å². The number of aromatic amines is 1. The Balaban J connectivity index is 2.58. The van der Waals surface area contributed by atoms with Gasteiger partial charge in [0.15, 0.2) is 4.77 Å². The highest BCUT2D eigenvalue weighted by Crippen LogP contribution is 1.91. The molecule has 5 heteroatoms. The molecule has 0 unspecified atom stereocenters. The van der Waals surface area contributed by atoms with Crippen LogP contribution in [0.1, 0.15) is 6.92 Å². The summed E-state index contributed by atoms with van der Waals surface area (Å²) < 4.78 is 6.90. The second-order valence-corrected chi connectivity index (χ2v) is 2.58. The van der Waals surface area contributed by atoms with Gasteiger partial charge in [0.1, 0.15) is 6.54 Å². The van der Waals surface area contributed by atoms with Gasteiger partial charge < -0.3 is 14.3 Å². The van der Waals surface area contributed by atoms with Crippen LogP contribution in [-0.2, 0) is 16.1 Å². The molecule has 0 aliphatic heterocycles. The average molecular weight is 186 g/mol. The zero-order chi connectivity index (χ0) is 8.97. The summed E-state index contributed by atoms with van der Waals surface area (Å²) in [7, 11) is 0. The van der Waals surface area contributed by atoms with E-state index in [1.54, 1.807) is 23.9 Å². The lowest BCUT2D eigenvalue weighted by atomic mass is 10.6. The summed E-state index contributed by atoms with van der Waals surface area (Å²) in [6, 6.07) is 0. The molecule has 0 aliphatic rings. The van der Waals surface area contributed by atoms with Gasteiger partial charge in [0.25, 0.3) is 0 Å². The van der Waals surface area contributed by atoms with E-state index >= 15 is 0 Å². The zero-order valence-electron chi connectivity index (χ0n) is 6.74. The Morgan fingerprint density at radius 1 is 1.83 bits per heavy atom. The van der Waals surface area contributed by atoms with Crippen LogP contribution in [0.5, 0.6) is 0 Å². The van der Waals surface area contributed by atoms with E-state index in [1.165, 1.54) is 0 Å². The van der Waals surface area contributed by atoms with Gasteiger partial charge in [-0.1, -0.05) is 0 Å². The molecule has 1 aromatic heterocycles. The number of ether oxygens (including phenoxy) is 1. The van der Waals surface area contributed by atoms with E-state index in [1.807, 2.05) is 0 Å². The molecule has 1 heterocycles. The first-order chi connectivity index (χ1) is 5.74. The molecule has 1 aromatic rings. The SMILES string of the molecule is CCOC(=O)Cn1cc[nH]c1=S. The Kier molecular flexibility index (Phi) is 3.04. The lowest BCUT2D eigenvalue weighted by Crippen LogP contribution is -2.12. The van der Waals surface area contributed by atoms with Gasteiger partial charge in [-0.15, -0.1) is 0 Å². The third-order valence-corrected chi connectivity index (χ3v) is 1.68. The predicted octanol–water partition coefficient (Wildman–Crippen LogP) is 1.11. The van der Waals surface area contributed by atoms with Crippen LogP contribution < -0.4 is 0 Å². The Labute approximate surface area is 75.2 Å². The topological polar surface area (TPSA) is 47.0 Å². The van der Waals surface area contributed by atoms with Crippen molar-refractivity contribution in [1.29, 1.82) is 0 Å². The first-order valence-corrected chi connectivity index (χ1v) is 4.04. The number of imidazole rings is 1. The second-order valence-electron chi connectivity index (χ2n) is 2.20. The smallest absolute Gasteiger partial charge is 0.326 e. The van der Waals surface area contributed by atoms with Gasteiger partial charge in [-0.2, -0.15) is 0 Å². The summed E-state index contributed by atoms with van der Waals surface area (Å²) in [4.78, 5) is 13.7. The maximum Gasteiger partial charge on any atom is 0.326 e. The standard InChI is InChI=1S/C7H10N2O2S/c1-2-11-6(10)5-9-4-3-8-7(9)12/h3-4H,2,5H2,1H3,(H,8,12). The number of rotatable bonds is 3. The van der Waals surface area contributed by atoms with Crippen LogP contribution in [0.15, 0.2) is 12.4 Å². The van der Waals surface area contributed by atoms with Crippen molar-refractivity contribution in [2.75, 3.05) is 6.61 Å². The number of carbonyl (C=O) groups excluding carboxylic acids is 1. The minimum Gasteiger partial charge on any atom is -0.465 e. The lowest BCUT2D eigenvalue weighted by molar-refractivity contribution is -0.143. The van der Waals surface area contributed by atoms with Crippen LogP contribution in [0, 0.1) is 4.77 Å². The minimum atomic E-state index is -0.270. The number of hydrogen-bond donors (Lipinski definition) is 1. The normalized spacial score (nSPS) is 9.75. The molecule has 1 N–H and O–H groups in total. The molecule has 0 radical (unpaired) electrons. The molecule has 0 aromatic carbocycles. The Morgan fingerprint density at radius 3 is 3.08 bits per heavy atom. The van der Waals surface area contributed by atoms with E-state index in [4.69, 9.17) is 17.0 Å². The fourth-order valence-electron chi connectivity index (χ4n) is 0.819. The van der Waals surface area contributed by atoms with Gasteiger partial charge in [0, 0.05) is 12.4 Å². The number of aromatic nitrogens is 2. The summed E-state index contributed by atoms with van der Waals surface area (Å²) in [5, 5.41) is 0. The average Bonchev–Trinajstić information content (AvgIpc) is 2.37. The maximum atomic E-state index is 11.0. The van der Waals surface area contributed by atoms with Crippen LogP contribution in [-0.4, -0.2) is 22.1 Å². The predicted molar refractivity (Wildman–Crippen MR) is 46.2 cm³/mol. The van der Waals surface area contributed by atoms with Gasteiger partial charge in [0.2, 0.25) is 0 Å². The molecule has 66 valence electrons. The van der Waals surface area contributed by atoms with Gasteiger partial charge in [0.05, 0.1) is 6.61 Å². The van der Waals surface area contributed by atoms with Gasteiger partial charge >= 0.3 is 5.97 Å². The van der Waals surface area contributed by atoms with E-state index in [0.29, 0.717) is 11.4 Å². The van der Waals surface area contributed by atoms with Gasteiger partial charge in [-0.3, -0.25) is 4.79 Å². The third kappa shape index (κ3) is 2.20. The van der Waals surface area contributed by atoms with E-state index < -0.39 is 0 Å². The number of nitrogens with zero attached hydrogens (tertiary/aromatic N) is 1. The van der Waals surface area contributed by atoms with Crippen LogP contribution >= 0.6 is 12.2 Å². The largest absolute Gasteiger partial charge is 0.465 e. The van der Waals surface area contributed by atoms with E-state index in [2.05, 4.69) is 4.98 Å². The number of carbonyl (C=O) groups is 1. The first-order valence-electron chi connectivity index (χ1n) is 3.63. The van der Waals surface area contributed by atoms with E-state index in [-0.39, 0.29) is 12.5 Å². The monoisotopic (exact) mass is 186 g/mol. The number of H-pyrrole nitrogens is 1. The fourth-order valence-corrected chi connectivity index (χ4v) is 1.01. The molecular formula is C7H10N2O2S. The van der Waals surface area contributed by atoms with E-state index in [0.717, 1.165) is 0 Å². The molecule has 1 rings (SSSR count). The Bertz CT molecular complexity index is 315. The van der Waals surface area contributed by atoms with Crippen molar-refractivity contribution >= 4 is 18.2 Å². The number of nitrogens with one attached hydrogen (secondary N) is 1. The lowest BCUT2D eigenvalue weighted by Gasteiger charge is -2.01. The molecule has 0 spiro atoms. The summed E-state index contributed by atoms with van der Waals surface area (Å²) in [6.45, 7) is 2.35. The summed E-state index contributed by atoms with van der Waals surface area (Å²) >= 11 is 4.89. The molecule has 0 atom stereocenters. The highest BCUT2D eigenvalue weighted by Gasteiger charge is 2.02. The van der Waals surface area contributed by atoms with Crippen LogP contribution in [0.4, 0.5) is 0 Å². The van der Waals surface area contributed by atoms with Gasteiger partial charge in [-0.25, -0.2) is 0 Å². The van der Waals surface area contributed by atoms with Gasteiger partial charge in [-0.05, 0) is 19.1 Å². The molecule has 0 bridgehead atoms. The van der Waals surface area contributed by atoms with E-state index in [9.17, 15) is 4.79 Å². The number of esters is 1. The van der Waals surface area contributed by atoms with Crippen molar-refractivity contribution in [3.05, 3.63) is 17.2 Å². The molecule has 12 heavy (non-hydrogen) atoms. The van der Waals surface area contributed by atoms with Crippen LogP contribution in [0.25, 0.3) is 0 Å².